The van der Waals surface area contributed by atoms with E-state index in [1.54, 1.807) is 31.0 Å². The molecular formula is C25H38N2O6. The Hall–Kier alpha value is -1.64. The molecule has 9 atom stereocenters. The average Bonchev–Trinajstić information content (AvgIpc) is 3.72. The summed E-state index contributed by atoms with van der Waals surface area (Å²) in [5, 5.41) is 0. The Labute approximate surface area is 196 Å². The van der Waals surface area contributed by atoms with E-state index in [4.69, 9.17) is 18.9 Å². The third kappa shape index (κ3) is 3.88. The number of hydrogen-bond donors (Lipinski definition) is 0. The second kappa shape index (κ2) is 7.95. The number of allylic oxidation sites excluding steroid dienone is 1. The molecule has 3 aliphatic heterocycles. The molecule has 0 bridgehead atoms. The van der Waals surface area contributed by atoms with Crippen LogP contribution in [0.5, 0.6) is 0 Å². The van der Waals surface area contributed by atoms with Gasteiger partial charge in [-0.3, -0.25) is 4.79 Å². The summed E-state index contributed by atoms with van der Waals surface area (Å²) in [4.78, 5) is 28.7. The molecule has 5 rings (SSSR count). The molecule has 2 saturated carbocycles. The molecule has 1 unspecified atom stereocenters. The maximum Gasteiger partial charge on any atom is 0.410 e. The molecule has 1 spiro atoms. The van der Waals surface area contributed by atoms with Gasteiger partial charge in [0.05, 0.1) is 18.6 Å². The number of ether oxygens (including phenoxy) is 4. The summed E-state index contributed by atoms with van der Waals surface area (Å²) in [5.41, 5.74) is 0.707. The van der Waals surface area contributed by atoms with Crippen LogP contribution in [0.1, 0.15) is 40.0 Å². The van der Waals surface area contributed by atoms with Gasteiger partial charge in [0.25, 0.3) is 0 Å². The number of fused-ring (bicyclic) bond motifs is 1. The van der Waals surface area contributed by atoms with Crippen LogP contribution in [0.3, 0.4) is 0 Å². The van der Waals surface area contributed by atoms with E-state index in [-0.39, 0.29) is 65.2 Å². The van der Waals surface area contributed by atoms with E-state index in [0.717, 1.165) is 19.3 Å². The molecule has 184 valence electrons. The molecule has 8 heteroatoms. The first-order valence-corrected chi connectivity index (χ1v) is 12.3. The fourth-order valence-electron chi connectivity index (χ4n) is 6.61. The summed E-state index contributed by atoms with van der Waals surface area (Å²) < 4.78 is 24.2. The van der Waals surface area contributed by atoms with Gasteiger partial charge in [-0.05, 0) is 51.9 Å². The van der Waals surface area contributed by atoms with Crippen LogP contribution < -0.4 is 0 Å². The minimum absolute atomic E-state index is 0.0196. The molecule has 3 heterocycles. The number of hydrogen-bond acceptors (Lipinski definition) is 6. The standard InChI is InChI=1S/C25H38N2O6/c1-14(2)7-8-18-24(3,33-18)21-20(30-6)17(9-10-25(21)13-31-25)32-23(29)27-11-15-16(12-27)19(15)22(28)26(4)5/h7,15-21H,8-13H2,1-6H3/t15-,16+,17-,18-,19?,20-,21-,24+,25+/m1/s1. The molecule has 0 aromatic heterocycles. The molecule has 0 radical (unpaired) electrons. The normalized spacial score (nSPS) is 44.8. The van der Waals surface area contributed by atoms with Gasteiger partial charge in [-0.25, -0.2) is 4.79 Å². The zero-order chi connectivity index (χ0) is 23.7. The van der Waals surface area contributed by atoms with Crippen LogP contribution in [0.2, 0.25) is 0 Å². The minimum atomic E-state index is -0.344. The highest BCUT2D eigenvalue weighted by Gasteiger charge is 2.72. The molecule has 5 fully saturated rings. The number of carbonyl (C=O) groups is 2. The molecule has 0 N–H and O–H groups in total. The lowest BCUT2D eigenvalue weighted by atomic mass is 9.68. The summed E-state index contributed by atoms with van der Waals surface area (Å²) in [6.45, 7) is 8.25. The topological polar surface area (TPSA) is 84.1 Å². The Morgan fingerprint density at radius 2 is 1.88 bits per heavy atom. The monoisotopic (exact) mass is 462 g/mol. The number of epoxide rings is 2. The van der Waals surface area contributed by atoms with Crippen molar-refractivity contribution in [2.45, 2.75) is 69.5 Å². The summed E-state index contributed by atoms with van der Waals surface area (Å²) >= 11 is 0. The average molecular weight is 463 g/mol. The van der Waals surface area contributed by atoms with Crippen molar-refractivity contribution in [3.05, 3.63) is 11.6 Å². The Morgan fingerprint density at radius 1 is 1.21 bits per heavy atom. The lowest BCUT2D eigenvalue weighted by Gasteiger charge is -2.43. The summed E-state index contributed by atoms with van der Waals surface area (Å²) in [6, 6.07) is 0. The molecular weight excluding hydrogens is 424 g/mol. The van der Waals surface area contributed by atoms with Gasteiger partial charge in [0.2, 0.25) is 5.91 Å². The minimum Gasteiger partial charge on any atom is -0.443 e. The smallest absolute Gasteiger partial charge is 0.410 e. The van der Waals surface area contributed by atoms with Crippen molar-refractivity contribution >= 4 is 12.0 Å². The van der Waals surface area contributed by atoms with E-state index < -0.39 is 0 Å². The predicted molar refractivity (Wildman–Crippen MR) is 121 cm³/mol. The van der Waals surface area contributed by atoms with Gasteiger partial charge in [-0.15, -0.1) is 0 Å². The summed E-state index contributed by atoms with van der Waals surface area (Å²) in [6.07, 6.45) is 3.88. The summed E-state index contributed by atoms with van der Waals surface area (Å²) in [5.74, 6) is 0.783. The van der Waals surface area contributed by atoms with Gasteiger partial charge >= 0.3 is 6.09 Å². The fraction of sp³-hybridized carbons (Fsp3) is 0.840. The second-order valence-electron chi connectivity index (χ2n) is 11.3. The molecule has 0 aromatic rings. The third-order valence-corrected chi connectivity index (χ3v) is 8.67. The number of likely N-dealkylation sites (tertiary alicyclic amines) is 1. The highest BCUT2D eigenvalue weighted by atomic mass is 16.6. The van der Waals surface area contributed by atoms with Crippen molar-refractivity contribution < 1.29 is 28.5 Å². The Bertz CT molecular complexity index is 838. The molecule has 8 nitrogen and oxygen atoms in total. The van der Waals surface area contributed by atoms with Crippen molar-refractivity contribution in [3.63, 3.8) is 0 Å². The van der Waals surface area contributed by atoms with Crippen LogP contribution in [0.25, 0.3) is 0 Å². The molecule has 2 aliphatic carbocycles. The van der Waals surface area contributed by atoms with E-state index in [9.17, 15) is 9.59 Å². The molecule has 5 aliphatic rings. The largest absolute Gasteiger partial charge is 0.443 e. The lowest BCUT2D eigenvalue weighted by Crippen LogP contribution is -2.56. The van der Waals surface area contributed by atoms with Crippen molar-refractivity contribution in [3.8, 4) is 0 Å². The van der Waals surface area contributed by atoms with Crippen LogP contribution >= 0.6 is 0 Å². The third-order valence-electron chi connectivity index (χ3n) is 8.67. The van der Waals surface area contributed by atoms with E-state index >= 15 is 0 Å². The zero-order valence-electron chi connectivity index (χ0n) is 20.7. The SMILES string of the molecule is CO[C@@H]1[C@H](OC(=O)N2C[C@@H]3C(C(=O)N(C)C)[C@@H]3C2)CC[C@]2(CO2)[C@H]1[C@@]1(C)O[C@@H]1CC=C(C)C. The second-order valence-corrected chi connectivity index (χ2v) is 11.3. The van der Waals surface area contributed by atoms with Crippen LogP contribution in [-0.4, -0.2) is 92.2 Å². The van der Waals surface area contributed by atoms with Gasteiger partial charge in [0, 0.05) is 40.2 Å². The van der Waals surface area contributed by atoms with Gasteiger partial charge in [0.15, 0.2) is 0 Å². The molecule has 2 amide bonds. The van der Waals surface area contributed by atoms with E-state index in [2.05, 4.69) is 26.8 Å². The maximum atomic E-state index is 13.0. The first-order chi connectivity index (χ1) is 15.6. The molecule has 0 aromatic carbocycles. The van der Waals surface area contributed by atoms with Gasteiger partial charge < -0.3 is 28.7 Å². The van der Waals surface area contributed by atoms with Crippen LogP contribution in [0.15, 0.2) is 11.6 Å². The van der Waals surface area contributed by atoms with E-state index in [0.29, 0.717) is 19.7 Å². The Morgan fingerprint density at radius 3 is 2.42 bits per heavy atom. The van der Waals surface area contributed by atoms with Gasteiger partial charge in [-0.2, -0.15) is 0 Å². The predicted octanol–water partition coefficient (Wildman–Crippen LogP) is 2.47. The number of amides is 2. The van der Waals surface area contributed by atoms with E-state index in [1.807, 2.05) is 0 Å². The number of rotatable bonds is 6. The number of methoxy groups -OCH3 is 1. The van der Waals surface area contributed by atoms with Crippen molar-refractivity contribution in [1.29, 1.82) is 0 Å². The first kappa shape index (κ1) is 23.1. The van der Waals surface area contributed by atoms with Crippen molar-refractivity contribution in [2.24, 2.45) is 23.7 Å². The first-order valence-electron chi connectivity index (χ1n) is 12.3. The number of nitrogens with zero attached hydrogens (tertiary/aromatic N) is 2. The quantitative estimate of drug-likeness (QED) is 0.445. The van der Waals surface area contributed by atoms with Crippen molar-refractivity contribution in [2.75, 3.05) is 40.9 Å². The fourth-order valence-corrected chi connectivity index (χ4v) is 6.61. The zero-order valence-corrected chi connectivity index (χ0v) is 20.7. The van der Waals surface area contributed by atoms with Crippen LogP contribution in [-0.2, 0) is 23.7 Å². The molecule has 33 heavy (non-hydrogen) atoms. The Balaban J connectivity index is 1.22. The highest BCUT2D eigenvalue weighted by Crippen LogP contribution is 2.60. The van der Waals surface area contributed by atoms with Crippen LogP contribution in [0.4, 0.5) is 4.79 Å². The number of carbonyl (C=O) groups excluding carboxylic acids is 2. The lowest BCUT2D eigenvalue weighted by molar-refractivity contribution is -0.131. The number of piperidine rings is 1. The highest BCUT2D eigenvalue weighted by molar-refractivity contribution is 5.83. The maximum absolute atomic E-state index is 13.0. The summed E-state index contributed by atoms with van der Waals surface area (Å²) in [7, 11) is 5.27. The molecule has 3 saturated heterocycles. The van der Waals surface area contributed by atoms with E-state index in [1.165, 1.54) is 5.57 Å². The Kier molecular flexibility index (Phi) is 5.57. The van der Waals surface area contributed by atoms with Gasteiger partial charge in [0.1, 0.15) is 23.4 Å². The van der Waals surface area contributed by atoms with Crippen LogP contribution in [0, 0.1) is 23.7 Å². The van der Waals surface area contributed by atoms with Crippen molar-refractivity contribution in [1.82, 2.24) is 9.80 Å². The van der Waals surface area contributed by atoms with Gasteiger partial charge in [-0.1, -0.05) is 11.6 Å².